The van der Waals surface area contributed by atoms with Crippen LogP contribution in [0.15, 0.2) is 17.7 Å². The number of thiazole rings is 1. The Morgan fingerprint density at radius 1 is 1.76 bits per heavy atom. The molecular formula is C11H8ClN3OS. The number of rotatable bonds is 3. The zero-order chi connectivity index (χ0) is 12.3. The number of fused-ring (bicyclic) bond motifs is 1. The van der Waals surface area contributed by atoms with E-state index in [9.17, 15) is 4.79 Å². The summed E-state index contributed by atoms with van der Waals surface area (Å²) in [4.78, 5) is 16.3. The molecule has 0 bridgehead atoms. The van der Waals surface area contributed by atoms with Gasteiger partial charge >= 0.3 is 0 Å². The molecule has 0 atom stereocenters. The van der Waals surface area contributed by atoms with Gasteiger partial charge in [0.15, 0.2) is 10.1 Å². The first-order valence-corrected chi connectivity index (χ1v) is 5.98. The zero-order valence-electron chi connectivity index (χ0n) is 8.68. The van der Waals surface area contributed by atoms with E-state index in [1.807, 2.05) is 16.0 Å². The van der Waals surface area contributed by atoms with Gasteiger partial charge in [-0.15, -0.1) is 17.8 Å². The fourth-order valence-corrected chi connectivity index (χ4v) is 2.28. The molecule has 2 aromatic rings. The Hall–Kier alpha value is -1.77. The topological polar surface area (TPSA) is 46.4 Å². The van der Waals surface area contributed by atoms with Crippen molar-refractivity contribution in [1.82, 2.24) is 14.7 Å². The van der Waals surface area contributed by atoms with Gasteiger partial charge < -0.3 is 5.32 Å². The third kappa shape index (κ3) is 2.49. The number of carbonyl (C=O) groups excluding carboxylic acids is 1. The summed E-state index contributed by atoms with van der Waals surface area (Å²) in [7, 11) is 0. The molecule has 17 heavy (non-hydrogen) atoms. The van der Waals surface area contributed by atoms with Crippen molar-refractivity contribution in [3.63, 3.8) is 0 Å². The van der Waals surface area contributed by atoms with E-state index in [2.05, 4.69) is 16.2 Å². The molecule has 0 saturated carbocycles. The predicted octanol–water partition coefficient (Wildman–Crippen LogP) is 1.81. The molecule has 0 fully saturated rings. The molecule has 0 aromatic carbocycles. The Kier molecular flexibility index (Phi) is 3.47. The van der Waals surface area contributed by atoms with E-state index in [4.69, 9.17) is 18.0 Å². The summed E-state index contributed by atoms with van der Waals surface area (Å²) < 4.78 is 1.82. The van der Waals surface area contributed by atoms with Gasteiger partial charge in [-0.05, 0) is 6.08 Å². The fraction of sp³-hybridized carbons (Fsp3) is 0.0909. The largest absolute Gasteiger partial charge is 0.342 e. The summed E-state index contributed by atoms with van der Waals surface area (Å²) >= 11 is 7.43. The van der Waals surface area contributed by atoms with Crippen molar-refractivity contribution in [1.29, 1.82) is 0 Å². The third-order valence-corrected chi connectivity index (χ3v) is 3.05. The fourth-order valence-electron chi connectivity index (χ4n) is 1.28. The van der Waals surface area contributed by atoms with Crippen LogP contribution >= 0.6 is 22.9 Å². The van der Waals surface area contributed by atoms with Crippen LogP contribution in [-0.4, -0.2) is 21.8 Å². The van der Waals surface area contributed by atoms with Gasteiger partial charge in [0.1, 0.15) is 0 Å². The molecule has 0 radical (unpaired) electrons. The molecule has 86 valence electrons. The van der Waals surface area contributed by atoms with E-state index in [0.29, 0.717) is 10.8 Å². The van der Waals surface area contributed by atoms with E-state index >= 15 is 0 Å². The number of nitrogens with one attached hydrogen (secondary N) is 1. The monoisotopic (exact) mass is 265 g/mol. The molecule has 0 saturated heterocycles. The minimum Gasteiger partial charge on any atom is -0.342 e. The molecule has 2 rings (SSSR count). The number of hydrogen-bond donors (Lipinski definition) is 1. The highest BCUT2D eigenvalue weighted by Crippen LogP contribution is 2.22. The highest BCUT2D eigenvalue weighted by molar-refractivity contribution is 7.15. The van der Waals surface area contributed by atoms with Crippen LogP contribution in [0.5, 0.6) is 0 Å². The van der Waals surface area contributed by atoms with Crippen LogP contribution in [0.3, 0.4) is 0 Å². The molecule has 2 heterocycles. The quantitative estimate of drug-likeness (QED) is 0.680. The van der Waals surface area contributed by atoms with Crippen molar-refractivity contribution in [2.75, 3.05) is 6.54 Å². The van der Waals surface area contributed by atoms with Gasteiger partial charge in [0.25, 0.3) is 0 Å². The van der Waals surface area contributed by atoms with Crippen LogP contribution in [0, 0.1) is 12.3 Å². The van der Waals surface area contributed by atoms with Gasteiger partial charge in [0.05, 0.1) is 12.2 Å². The van der Waals surface area contributed by atoms with Crippen molar-refractivity contribution >= 4 is 39.9 Å². The second kappa shape index (κ2) is 5.04. The highest BCUT2D eigenvalue weighted by Gasteiger charge is 2.08. The predicted molar refractivity (Wildman–Crippen MR) is 69.0 cm³/mol. The third-order valence-electron chi connectivity index (χ3n) is 2.01. The Bertz CT molecular complexity index is 620. The van der Waals surface area contributed by atoms with Gasteiger partial charge in [-0.25, -0.2) is 4.98 Å². The van der Waals surface area contributed by atoms with Crippen molar-refractivity contribution in [2.24, 2.45) is 0 Å². The molecular weight excluding hydrogens is 258 g/mol. The van der Waals surface area contributed by atoms with Gasteiger partial charge in [-0.1, -0.05) is 17.5 Å². The standard InChI is InChI=1S/C11H8ClN3OS/c1-2-5-13-9(16)4-3-8-10(12)14-11-15(8)6-7-17-11/h1,3-4,6-7H,5H2,(H,13,16)/b4-3+. The molecule has 6 heteroatoms. The second-order valence-corrected chi connectivity index (χ2v) is 4.33. The summed E-state index contributed by atoms with van der Waals surface area (Å²) in [5, 5.41) is 4.79. The SMILES string of the molecule is C#CCNC(=O)/C=C/c1c(Cl)nc2sccn12. The minimum atomic E-state index is -0.260. The molecule has 0 aliphatic carbocycles. The maximum Gasteiger partial charge on any atom is 0.244 e. The number of carbonyl (C=O) groups is 1. The van der Waals surface area contributed by atoms with Gasteiger partial charge in [-0.3, -0.25) is 9.20 Å². The first-order chi connectivity index (χ1) is 8.22. The molecule has 4 nitrogen and oxygen atoms in total. The van der Waals surface area contributed by atoms with Crippen molar-refractivity contribution < 1.29 is 4.79 Å². The molecule has 0 aliphatic rings. The Morgan fingerprint density at radius 3 is 3.35 bits per heavy atom. The number of terminal acetylenes is 1. The zero-order valence-corrected chi connectivity index (χ0v) is 10.3. The number of imidazole rings is 1. The average molecular weight is 266 g/mol. The van der Waals surface area contributed by atoms with Crippen LogP contribution in [0.1, 0.15) is 5.69 Å². The smallest absolute Gasteiger partial charge is 0.244 e. The van der Waals surface area contributed by atoms with Crippen LogP contribution in [0.2, 0.25) is 5.15 Å². The van der Waals surface area contributed by atoms with E-state index in [0.717, 1.165) is 4.96 Å². The lowest BCUT2D eigenvalue weighted by atomic mass is 10.4. The first-order valence-electron chi connectivity index (χ1n) is 4.73. The highest BCUT2D eigenvalue weighted by atomic mass is 35.5. The summed E-state index contributed by atoms with van der Waals surface area (Å²) in [6.07, 6.45) is 9.87. The summed E-state index contributed by atoms with van der Waals surface area (Å²) in [6, 6.07) is 0. The average Bonchev–Trinajstić information content (AvgIpc) is 2.84. The van der Waals surface area contributed by atoms with Crippen LogP contribution in [0.25, 0.3) is 11.0 Å². The Morgan fingerprint density at radius 2 is 2.59 bits per heavy atom. The number of aromatic nitrogens is 2. The van der Waals surface area contributed by atoms with Gasteiger partial charge in [0, 0.05) is 17.7 Å². The lowest BCUT2D eigenvalue weighted by Crippen LogP contribution is -2.20. The molecule has 0 unspecified atom stereocenters. The van der Waals surface area contributed by atoms with Gasteiger partial charge in [0.2, 0.25) is 5.91 Å². The Balaban J connectivity index is 2.20. The van der Waals surface area contributed by atoms with Gasteiger partial charge in [-0.2, -0.15) is 0 Å². The summed E-state index contributed by atoms with van der Waals surface area (Å²) in [5.41, 5.74) is 0.679. The van der Waals surface area contributed by atoms with Crippen molar-refractivity contribution in [2.45, 2.75) is 0 Å². The second-order valence-electron chi connectivity index (χ2n) is 3.10. The Labute approximate surface area is 107 Å². The number of hydrogen-bond acceptors (Lipinski definition) is 3. The molecule has 1 amide bonds. The maximum atomic E-state index is 11.3. The number of nitrogens with zero attached hydrogens (tertiary/aromatic N) is 2. The van der Waals surface area contributed by atoms with Crippen LogP contribution < -0.4 is 5.32 Å². The molecule has 1 N–H and O–H groups in total. The summed E-state index contributed by atoms with van der Waals surface area (Å²) in [6.45, 7) is 0.206. The lowest BCUT2D eigenvalue weighted by molar-refractivity contribution is -0.116. The van der Waals surface area contributed by atoms with E-state index in [1.165, 1.54) is 17.4 Å². The van der Waals surface area contributed by atoms with Crippen molar-refractivity contribution in [3.05, 3.63) is 28.5 Å². The minimum absolute atomic E-state index is 0.206. The molecule has 2 aromatic heterocycles. The molecule has 0 spiro atoms. The van der Waals surface area contributed by atoms with E-state index in [1.54, 1.807) is 6.08 Å². The lowest BCUT2D eigenvalue weighted by Gasteiger charge is -1.94. The first kappa shape index (κ1) is 11.7. The number of halogens is 1. The van der Waals surface area contributed by atoms with Crippen LogP contribution in [0.4, 0.5) is 0 Å². The molecule has 0 aliphatic heterocycles. The number of amides is 1. The van der Waals surface area contributed by atoms with Crippen molar-refractivity contribution in [3.8, 4) is 12.3 Å². The normalized spacial score (nSPS) is 10.8. The van der Waals surface area contributed by atoms with Crippen LogP contribution in [-0.2, 0) is 4.79 Å². The van der Waals surface area contributed by atoms with E-state index in [-0.39, 0.29) is 12.5 Å². The maximum absolute atomic E-state index is 11.3. The van der Waals surface area contributed by atoms with E-state index < -0.39 is 0 Å². The summed E-state index contributed by atoms with van der Waals surface area (Å²) in [5.74, 6) is 2.06.